The average molecular weight is 154 g/mol. The number of nitrogens with zero attached hydrogens (tertiary/aromatic N) is 1. The summed E-state index contributed by atoms with van der Waals surface area (Å²) >= 11 is 0. The van der Waals surface area contributed by atoms with Crippen LogP contribution in [0, 0.1) is 4.91 Å². The third kappa shape index (κ3) is 4.86. The lowest BCUT2D eigenvalue weighted by Crippen LogP contribution is -2.05. The number of rotatable bonds is 1. The first-order chi connectivity index (χ1) is 5.35. The minimum Gasteiger partial charge on any atom is -0.324 e. The Hall–Kier alpha value is -1.62. The van der Waals surface area contributed by atoms with Gasteiger partial charge in [0.15, 0.2) is 0 Å². The first-order valence-electron chi connectivity index (χ1n) is 2.89. The highest BCUT2D eigenvalue weighted by atomic mass is 16.3. The molecule has 60 valence electrons. The number of hydrogen-bond acceptors (Lipinski definition) is 4. The van der Waals surface area contributed by atoms with E-state index in [1.165, 1.54) is 0 Å². The van der Waals surface area contributed by atoms with Gasteiger partial charge in [0.1, 0.15) is 0 Å². The number of nitrogens with one attached hydrogen (secondary N) is 1. The van der Waals surface area contributed by atoms with E-state index in [1.807, 2.05) is 30.3 Å². The number of benzene rings is 1. The molecule has 0 aliphatic rings. The molecule has 1 aromatic carbocycles. The monoisotopic (exact) mass is 154 g/mol. The Kier molecular flexibility index (Phi) is 5.54. The molecule has 5 nitrogen and oxygen atoms in total. The molecule has 1 aromatic rings. The van der Waals surface area contributed by atoms with Gasteiger partial charge in [-0.1, -0.05) is 18.2 Å². The van der Waals surface area contributed by atoms with Crippen molar-refractivity contribution in [2.24, 2.45) is 17.0 Å². The van der Waals surface area contributed by atoms with Crippen molar-refractivity contribution >= 4 is 5.69 Å². The summed E-state index contributed by atoms with van der Waals surface area (Å²) in [7, 11) is 0. The molecule has 5 N–H and O–H groups in total. The first kappa shape index (κ1) is 9.38. The minimum atomic E-state index is 0.938. The third-order valence-corrected chi connectivity index (χ3v) is 0.940. The van der Waals surface area contributed by atoms with Crippen molar-refractivity contribution in [2.45, 2.75) is 0 Å². The largest absolute Gasteiger partial charge is 0.324 e. The fraction of sp³-hybridized carbons (Fsp3) is 0. The topological polar surface area (TPSA) is 93.5 Å². The van der Waals surface area contributed by atoms with Crippen molar-refractivity contribution in [3.8, 4) is 0 Å². The Labute approximate surface area is 64.3 Å². The van der Waals surface area contributed by atoms with E-state index in [1.54, 1.807) is 5.29 Å². The van der Waals surface area contributed by atoms with E-state index < -0.39 is 0 Å². The lowest BCUT2D eigenvalue weighted by atomic mass is 10.3. The minimum absolute atomic E-state index is 0.938. The summed E-state index contributed by atoms with van der Waals surface area (Å²) in [6.45, 7) is 0. The molecule has 0 radical (unpaired) electrons. The highest BCUT2D eigenvalue weighted by Crippen LogP contribution is 2.00. The van der Waals surface area contributed by atoms with Crippen molar-refractivity contribution in [1.82, 2.24) is 0 Å². The van der Waals surface area contributed by atoms with Crippen LogP contribution in [0.15, 0.2) is 35.6 Å². The van der Waals surface area contributed by atoms with Crippen LogP contribution < -0.4 is 17.1 Å². The predicted octanol–water partition coefficient (Wildman–Crippen LogP) is 0.599. The molecule has 0 aromatic heterocycles. The zero-order chi connectivity index (χ0) is 8.53. The zero-order valence-electron chi connectivity index (χ0n) is 5.90. The van der Waals surface area contributed by atoms with E-state index in [-0.39, 0.29) is 0 Å². The molecule has 0 spiro atoms. The van der Waals surface area contributed by atoms with Gasteiger partial charge < -0.3 is 5.43 Å². The van der Waals surface area contributed by atoms with Gasteiger partial charge in [0.2, 0.25) is 0 Å². The van der Waals surface area contributed by atoms with E-state index in [4.69, 9.17) is 10.7 Å². The predicted molar refractivity (Wildman–Crippen MR) is 44.2 cm³/mol. The van der Waals surface area contributed by atoms with Crippen molar-refractivity contribution in [2.75, 3.05) is 5.43 Å². The summed E-state index contributed by atoms with van der Waals surface area (Å²) in [5.41, 5.74) is 3.46. The van der Waals surface area contributed by atoms with Crippen molar-refractivity contribution in [3.05, 3.63) is 35.2 Å². The van der Waals surface area contributed by atoms with Gasteiger partial charge >= 0.3 is 0 Å². The lowest BCUT2D eigenvalue weighted by molar-refractivity contribution is 1.23. The number of nitrogens with two attached hydrogens (primary N) is 2. The molecule has 1 rings (SSSR count). The van der Waals surface area contributed by atoms with Gasteiger partial charge in [-0.25, -0.2) is 0 Å². The highest BCUT2D eigenvalue weighted by Gasteiger charge is 1.78. The molecular formula is C6H10N4O. The first-order valence-corrected chi connectivity index (χ1v) is 2.89. The van der Waals surface area contributed by atoms with Crippen molar-refractivity contribution < 1.29 is 0 Å². The van der Waals surface area contributed by atoms with Crippen LogP contribution in [0.4, 0.5) is 5.69 Å². The summed E-state index contributed by atoms with van der Waals surface area (Å²) < 4.78 is 0. The molecule has 0 saturated heterocycles. The van der Waals surface area contributed by atoms with E-state index >= 15 is 0 Å². The molecule has 0 heterocycles. The summed E-state index contributed by atoms with van der Waals surface area (Å²) in [5, 5.41) is 1.75. The fourth-order valence-corrected chi connectivity index (χ4v) is 0.534. The summed E-state index contributed by atoms with van der Waals surface area (Å²) in [6.07, 6.45) is 0. The molecule has 0 aliphatic carbocycles. The number of nitrogen functional groups attached to an aromatic ring is 1. The second kappa shape index (κ2) is 6.50. The molecule has 0 bridgehead atoms. The Morgan fingerprint density at radius 1 is 1.27 bits per heavy atom. The number of hydrogen-bond donors (Lipinski definition) is 3. The Bertz CT molecular complexity index is 189. The maximum Gasteiger partial charge on any atom is 0.0485 e. The van der Waals surface area contributed by atoms with Crippen LogP contribution in [0.2, 0.25) is 0 Å². The second-order valence-corrected chi connectivity index (χ2v) is 1.62. The third-order valence-electron chi connectivity index (χ3n) is 0.940. The summed E-state index contributed by atoms with van der Waals surface area (Å²) in [6, 6.07) is 9.60. The van der Waals surface area contributed by atoms with Gasteiger partial charge in [0, 0.05) is 11.0 Å². The highest BCUT2D eigenvalue weighted by molar-refractivity contribution is 5.40. The average Bonchev–Trinajstić information content (AvgIpc) is 2.08. The SMILES string of the molecule is NN=O.NNc1ccccc1. The van der Waals surface area contributed by atoms with E-state index in [9.17, 15) is 0 Å². The van der Waals surface area contributed by atoms with Crippen LogP contribution in [0.25, 0.3) is 0 Å². The van der Waals surface area contributed by atoms with E-state index in [0.717, 1.165) is 5.69 Å². The molecule has 0 saturated carbocycles. The van der Waals surface area contributed by atoms with E-state index in [2.05, 4.69) is 11.3 Å². The van der Waals surface area contributed by atoms with Gasteiger partial charge in [-0.05, 0) is 12.1 Å². The van der Waals surface area contributed by atoms with Gasteiger partial charge in [-0.15, -0.1) is 4.91 Å². The van der Waals surface area contributed by atoms with Crippen LogP contribution in [-0.4, -0.2) is 0 Å². The van der Waals surface area contributed by atoms with Crippen molar-refractivity contribution in [1.29, 1.82) is 0 Å². The maximum absolute atomic E-state index is 8.33. The van der Waals surface area contributed by atoms with Crippen LogP contribution in [-0.2, 0) is 0 Å². The number of hydrazine groups is 1. The molecule has 0 fully saturated rings. The molecule has 0 atom stereocenters. The Morgan fingerprint density at radius 3 is 2.00 bits per heavy atom. The van der Waals surface area contributed by atoms with Crippen LogP contribution in [0.3, 0.4) is 0 Å². The van der Waals surface area contributed by atoms with Gasteiger partial charge in [-0.3, -0.25) is 11.7 Å². The molecule has 0 aliphatic heterocycles. The fourth-order valence-electron chi connectivity index (χ4n) is 0.534. The quantitative estimate of drug-likeness (QED) is 0.313. The second-order valence-electron chi connectivity index (χ2n) is 1.62. The summed E-state index contributed by atoms with van der Waals surface area (Å²) in [4.78, 5) is 8.33. The molecule has 0 amide bonds. The van der Waals surface area contributed by atoms with Gasteiger partial charge in [0.25, 0.3) is 0 Å². The molecular weight excluding hydrogens is 144 g/mol. The Balaban J connectivity index is 0.000000292. The molecule has 0 unspecified atom stereocenters. The van der Waals surface area contributed by atoms with Crippen LogP contribution >= 0.6 is 0 Å². The van der Waals surface area contributed by atoms with Gasteiger partial charge in [-0.2, -0.15) is 0 Å². The molecule has 5 heteroatoms. The van der Waals surface area contributed by atoms with Crippen LogP contribution in [0.1, 0.15) is 0 Å². The smallest absolute Gasteiger partial charge is 0.0485 e. The number of para-hydroxylation sites is 1. The van der Waals surface area contributed by atoms with Crippen molar-refractivity contribution in [3.63, 3.8) is 0 Å². The van der Waals surface area contributed by atoms with Crippen LogP contribution in [0.5, 0.6) is 0 Å². The summed E-state index contributed by atoms with van der Waals surface area (Å²) in [5.74, 6) is 9.02. The normalized spacial score (nSPS) is 7.36. The van der Waals surface area contributed by atoms with Gasteiger partial charge in [0.05, 0.1) is 0 Å². The Morgan fingerprint density at radius 2 is 1.73 bits per heavy atom. The number of anilines is 1. The maximum atomic E-state index is 8.33. The zero-order valence-corrected chi connectivity index (χ0v) is 5.90. The lowest BCUT2D eigenvalue weighted by Gasteiger charge is -1.94. The van der Waals surface area contributed by atoms with E-state index in [0.29, 0.717) is 0 Å². The molecule has 11 heavy (non-hydrogen) atoms. The standard InChI is InChI=1S/C6H8N2.H2N2O/c7-8-6-4-2-1-3-5-6;1-2-3/h1-5,8H,7H2;(H2,1,3). The number of nitroso groups, excluding NO2 is 1.